The zero-order chi connectivity index (χ0) is 30.2. The van der Waals surface area contributed by atoms with Gasteiger partial charge < -0.3 is 0 Å². The first-order valence-electron chi connectivity index (χ1n) is 16.0. The molecule has 0 amide bonds. The van der Waals surface area contributed by atoms with Crippen molar-refractivity contribution in [3.8, 4) is 33.4 Å². The van der Waals surface area contributed by atoms with Crippen LogP contribution < -0.4 is 0 Å². The van der Waals surface area contributed by atoms with E-state index >= 15 is 0 Å². The lowest BCUT2D eigenvalue weighted by Gasteiger charge is -2.20. The Hall–Kier alpha value is -5.98. The smallest absolute Gasteiger partial charge is 0.00141 e. The lowest BCUT2D eigenvalue weighted by Crippen LogP contribution is -1.93. The van der Waals surface area contributed by atoms with Gasteiger partial charge in [0.05, 0.1) is 0 Å². The summed E-state index contributed by atoms with van der Waals surface area (Å²) < 4.78 is 0. The molecule has 0 atom stereocenters. The molecule has 10 aromatic rings. The van der Waals surface area contributed by atoms with Gasteiger partial charge >= 0.3 is 0 Å². The third kappa shape index (κ3) is 3.62. The molecular formula is C46H28. The Morgan fingerprint density at radius 2 is 0.783 bits per heavy atom. The van der Waals surface area contributed by atoms with E-state index in [1.54, 1.807) is 0 Å². The Kier molecular flexibility index (Phi) is 5.38. The van der Waals surface area contributed by atoms with Crippen molar-refractivity contribution in [2.45, 2.75) is 0 Å². The summed E-state index contributed by atoms with van der Waals surface area (Å²) in [7, 11) is 0. The zero-order valence-electron chi connectivity index (χ0n) is 25.2. The molecule has 0 N–H and O–H groups in total. The van der Waals surface area contributed by atoms with Gasteiger partial charge in [0.2, 0.25) is 0 Å². The van der Waals surface area contributed by atoms with Crippen LogP contribution in [0.5, 0.6) is 0 Å². The van der Waals surface area contributed by atoms with E-state index in [-0.39, 0.29) is 0 Å². The quantitative estimate of drug-likeness (QED) is 0.144. The lowest BCUT2D eigenvalue weighted by atomic mass is 9.82. The van der Waals surface area contributed by atoms with Crippen LogP contribution in [-0.4, -0.2) is 0 Å². The highest BCUT2D eigenvalue weighted by molar-refractivity contribution is 6.30. The summed E-state index contributed by atoms with van der Waals surface area (Å²) in [5.41, 5.74) is 7.64. The van der Waals surface area contributed by atoms with Crippen LogP contribution in [0.4, 0.5) is 0 Å². The first-order chi connectivity index (χ1) is 22.8. The van der Waals surface area contributed by atoms with Crippen molar-refractivity contribution < 1.29 is 0 Å². The van der Waals surface area contributed by atoms with Gasteiger partial charge in [0.15, 0.2) is 0 Å². The molecule has 0 aliphatic rings. The summed E-state index contributed by atoms with van der Waals surface area (Å²) in [6.07, 6.45) is 0. The number of rotatable bonds is 3. The third-order valence-corrected chi connectivity index (χ3v) is 9.95. The molecule has 0 saturated heterocycles. The molecule has 46 heavy (non-hydrogen) atoms. The van der Waals surface area contributed by atoms with Crippen LogP contribution in [0.2, 0.25) is 0 Å². The second-order valence-electron chi connectivity index (χ2n) is 12.4. The normalized spacial score (nSPS) is 11.9. The van der Waals surface area contributed by atoms with Gasteiger partial charge in [-0.15, -0.1) is 0 Å². The molecular weight excluding hydrogens is 553 g/mol. The molecule has 212 valence electrons. The fourth-order valence-corrected chi connectivity index (χ4v) is 8.00. The summed E-state index contributed by atoms with van der Waals surface area (Å²) in [5.74, 6) is 0. The maximum atomic E-state index is 2.43. The average Bonchev–Trinajstić information content (AvgIpc) is 3.13. The van der Waals surface area contributed by atoms with Gasteiger partial charge in [-0.25, -0.2) is 0 Å². The summed E-state index contributed by atoms with van der Waals surface area (Å²) in [4.78, 5) is 0. The summed E-state index contributed by atoms with van der Waals surface area (Å²) in [6.45, 7) is 0. The van der Waals surface area contributed by atoms with Crippen LogP contribution in [0.25, 0.3) is 98.0 Å². The Morgan fingerprint density at radius 1 is 0.239 bits per heavy atom. The topological polar surface area (TPSA) is 0 Å². The maximum Gasteiger partial charge on any atom is -0.00141 e. The van der Waals surface area contributed by atoms with Gasteiger partial charge in [0, 0.05) is 0 Å². The molecule has 0 heterocycles. The van der Waals surface area contributed by atoms with E-state index in [0.29, 0.717) is 0 Å². The van der Waals surface area contributed by atoms with Crippen LogP contribution in [0.1, 0.15) is 0 Å². The van der Waals surface area contributed by atoms with Crippen LogP contribution >= 0.6 is 0 Å². The number of benzene rings is 10. The van der Waals surface area contributed by atoms with Crippen molar-refractivity contribution in [2.24, 2.45) is 0 Å². The van der Waals surface area contributed by atoms with Crippen molar-refractivity contribution in [1.82, 2.24) is 0 Å². The minimum absolute atomic E-state index is 1.25. The molecule has 0 bridgehead atoms. The first-order valence-corrected chi connectivity index (χ1v) is 16.0. The molecule has 0 spiro atoms. The minimum atomic E-state index is 1.25. The van der Waals surface area contributed by atoms with E-state index in [2.05, 4.69) is 170 Å². The van der Waals surface area contributed by atoms with E-state index in [4.69, 9.17) is 0 Å². The average molecular weight is 581 g/mol. The summed E-state index contributed by atoms with van der Waals surface area (Å²) >= 11 is 0. The lowest BCUT2D eigenvalue weighted by molar-refractivity contribution is 1.66. The summed E-state index contributed by atoms with van der Waals surface area (Å²) in [5, 5.41) is 15.6. The minimum Gasteiger partial charge on any atom is -0.0622 e. The monoisotopic (exact) mass is 580 g/mol. The van der Waals surface area contributed by atoms with Gasteiger partial charge in [0.1, 0.15) is 0 Å². The highest BCUT2D eigenvalue weighted by Crippen LogP contribution is 2.48. The molecule has 0 aliphatic carbocycles. The van der Waals surface area contributed by atoms with Crippen molar-refractivity contribution in [2.75, 3.05) is 0 Å². The van der Waals surface area contributed by atoms with E-state index in [0.717, 1.165) is 0 Å². The molecule has 0 unspecified atom stereocenters. The standard InChI is InChI=1S/C46H28/c1-3-11-29(12-4-1)36-24-22-32-19-20-33-27-35(28-34-23-25-40(36)44(32)42(33)34)45-39-18-10-9-17-38(39)43(31-14-5-2-6-15-31)41-26-21-30-13-7-8-16-37(30)46(41)45/h1-28H. The second-order valence-corrected chi connectivity index (χ2v) is 12.4. The SMILES string of the molecule is c1ccc(-c2c3ccccc3c(-c3cc4ccc5ccc(-c6ccccc6)c6ccc(c3)c4c56)c3c2ccc2ccccc23)cc1. The second kappa shape index (κ2) is 9.76. The van der Waals surface area contributed by atoms with E-state index in [1.165, 1.54) is 98.0 Å². The molecule has 0 heteroatoms. The molecule has 0 fully saturated rings. The Bertz CT molecular complexity index is 2750. The molecule has 0 saturated carbocycles. The zero-order valence-corrected chi connectivity index (χ0v) is 25.2. The van der Waals surface area contributed by atoms with Gasteiger partial charge in [-0.2, -0.15) is 0 Å². The molecule has 0 aromatic heterocycles. The third-order valence-electron chi connectivity index (χ3n) is 9.95. The molecule has 0 radical (unpaired) electrons. The predicted octanol–water partition coefficient (Wildman–Crippen LogP) is 13.0. The highest BCUT2D eigenvalue weighted by Gasteiger charge is 2.20. The number of fused-ring (bicyclic) bond motifs is 4. The van der Waals surface area contributed by atoms with Crippen LogP contribution in [-0.2, 0) is 0 Å². The van der Waals surface area contributed by atoms with Gasteiger partial charge in [0.25, 0.3) is 0 Å². The fraction of sp³-hybridized carbons (Fsp3) is 0. The van der Waals surface area contributed by atoms with Gasteiger partial charge in [-0.1, -0.05) is 158 Å². The van der Waals surface area contributed by atoms with Crippen molar-refractivity contribution >= 4 is 64.6 Å². The van der Waals surface area contributed by atoms with Gasteiger partial charge in [-0.05, 0) is 110 Å². The molecule has 10 rings (SSSR count). The van der Waals surface area contributed by atoms with Gasteiger partial charge in [-0.3, -0.25) is 0 Å². The Labute approximate surface area is 267 Å². The fourth-order valence-electron chi connectivity index (χ4n) is 8.00. The first kappa shape index (κ1) is 25.4. The Morgan fingerprint density at radius 3 is 1.54 bits per heavy atom. The largest absolute Gasteiger partial charge is 0.0622 e. The van der Waals surface area contributed by atoms with Crippen molar-refractivity contribution in [3.63, 3.8) is 0 Å². The van der Waals surface area contributed by atoms with Crippen LogP contribution in [0.3, 0.4) is 0 Å². The maximum absolute atomic E-state index is 2.43. The number of hydrogen-bond donors (Lipinski definition) is 0. The highest BCUT2D eigenvalue weighted by atomic mass is 14.2. The number of hydrogen-bond acceptors (Lipinski definition) is 0. The van der Waals surface area contributed by atoms with E-state index in [9.17, 15) is 0 Å². The molecule has 10 aromatic carbocycles. The predicted molar refractivity (Wildman–Crippen MR) is 199 cm³/mol. The Balaban J connectivity index is 1.35. The molecule has 0 nitrogen and oxygen atoms in total. The summed E-state index contributed by atoms with van der Waals surface area (Å²) in [6, 6.07) is 62.8. The van der Waals surface area contributed by atoms with Crippen LogP contribution in [0, 0.1) is 0 Å². The van der Waals surface area contributed by atoms with E-state index < -0.39 is 0 Å². The van der Waals surface area contributed by atoms with Crippen molar-refractivity contribution in [1.29, 1.82) is 0 Å². The molecule has 0 aliphatic heterocycles. The van der Waals surface area contributed by atoms with Crippen molar-refractivity contribution in [3.05, 3.63) is 170 Å². The van der Waals surface area contributed by atoms with E-state index in [1.807, 2.05) is 0 Å². The van der Waals surface area contributed by atoms with Crippen LogP contribution in [0.15, 0.2) is 170 Å².